The first-order chi connectivity index (χ1) is 10.4. The maximum absolute atomic E-state index is 10.7. The number of carboxylic acids is 1. The highest BCUT2D eigenvalue weighted by atomic mass is 16.7. The quantitative estimate of drug-likeness (QED) is 0.800. The summed E-state index contributed by atoms with van der Waals surface area (Å²) in [6.45, 7) is 5.46. The molecule has 5 heteroatoms. The highest BCUT2D eigenvalue weighted by Gasteiger charge is 2.28. The van der Waals surface area contributed by atoms with Gasteiger partial charge in [0, 0.05) is 12.0 Å². The summed E-state index contributed by atoms with van der Waals surface area (Å²) in [6, 6.07) is 6.08. The van der Waals surface area contributed by atoms with Crippen LogP contribution in [0.15, 0.2) is 18.2 Å². The number of ether oxygens (including phenoxy) is 2. The molecule has 1 aromatic carbocycles. The zero-order chi connectivity index (χ0) is 16.2. The van der Waals surface area contributed by atoms with Gasteiger partial charge in [-0.05, 0) is 57.5 Å². The first kappa shape index (κ1) is 16.6. The molecule has 0 aromatic heterocycles. The molecule has 0 bridgehead atoms. The minimum Gasteiger partial charge on any atom is -0.481 e. The first-order valence-corrected chi connectivity index (χ1v) is 7.76. The molecule has 1 atom stereocenters. The summed E-state index contributed by atoms with van der Waals surface area (Å²) in [4.78, 5) is 12.9. The summed E-state index contributed by atoms with van der Waals surface area (Å²) in [5, 5.41) is 8.77. The molecule has 1 unspecified atom stereocenters. The lowest BCUT2D eigenvalue weighted by Crippen LogP contribution is -2.45. The van der Waals surface area contributed by atoms with Gasteiger partial charge in [0.15, 0.2) is 11.5 Å². The van der Waals surface area contributed by atoms with Crippen molar-refractivity contribution in [3.05, 3.63) is 23.8 Å². The number of hydrogen-bond donors (Lipinski definition) is 1. The number of hydrogen-bond acceptors (Lipinski definition) is 4. The lowest BCUT2D eigenvalue weighted by Gasteiger charge is -2.38. The number of carbonyl (C=O) groups is 1. The molecule has 22 heavy (non-hydrogen) atoms. The third-order valence-corrected chi connectivity index (χ3v) is 4.59. The van der Waals surface area contributed by atoms with Crippen LogP contribution < -0.4 is 9.47 Å². The number of nitrogens with zero attached hydrogens (tertiary/aromatic N) is 1. The highest BCUT2D eigenvalue weighted by molar-refractivity contribution is 5.66. The standard InChI is InChI=1S/C17H25NO4/c1-4-17(2,18(3)9-5-6-16(19)20)11-13-7-8-14-15(10-13)22-12-21-14/h7-8,10H,4-6,9,11-12H2,1-3H3,(H,19,20). The van der Waals surface area contributed by atoms with E-state index in [-0.39, 0.29) is 12.0 Å². The Morgan fingerprint density at radius 1 is 1.36 bits per heavy atom. The number of likely N-dealkylation sites (N-methyl/N-ethyl adjacent to an activating group) is 1. The van der Waals surface area contributed by atoms with Crippen LogP contribution in [0.4, 0.5) is 0 Å². The van der Waals surface area contributed by atoms with E-state index in [2.05, 4.69) is 31.9 Å². The molecule has 1 aliphatic heterocycles. The van der Waals surface area contributed by atoms with Gasteiger partial charge >= 0.3 is 5.97 Å². The smallest absolute Gasteiger partial charge is 0.303 e. The summed E-state index contributed by atoms with van der Waals surface area (Å²) in [7, 11) is 2.07. The van der Waals surface area contributed by atoms with Gasteiger partial charge in [0.25, 0.3) is 0 Å². The monoisotopic (exact) mass is 307 g/mol. The molecule has 0 saturated carbocycles. The van der Waals surface area contributed by atoms with Crippen molar-refractivity contribution in [1.29, 1.82) is 0 Å². The minimum atomic E-state index is -0.734. The molecule has 5 nitrogen and oxygen atoms in total. The van der Waals surface area contributed by atoms with Gasteiger partial charge in [0.1, 0.15) is 0 Å². The number of benzene rings is 1. The van der Waals surface area contributed by atoms with Crippen LogP contribution in [-0.4, -0.2) is 41.9 Å². The normalized spacial score (nSPS) is 15.8. The molecule has 122 valence electrons. The molecule has 1 aliphatic rings. The summed E-state index contributed by atoms with van der Waals surface area (Å²) in [6.07, 6.45) is 2.77. The van der Waals surface area contributed by atoms with Crippen LogP contribution in [-0.2, 0) is 11.2 Å². The van der Waals surface area contributed by atoms with Gasteiger partial charge in [-0.2, -0.15) is 0 Å². The molecule has 0 fully saturated rings. The van der Waals surface area contributed by atoms with Gasteiger partial charge in [0.2, 0.25) is 6.79 Å². The van der Waals surface area contributed by atoms with Gasteiger partial charge in [-0.3, -0.25) is 4.79 Å². The van der Waals surface area contributed by atoms with Crippen LogP contribution in [0.25, 0.3) is 0 Å². The minimum absolute atomic E-state index is 0.00774. The van der Waals surface area contributed by atoms with E-state index in [9.17, 15) is 4.79 Å². The van der Waals surface area contributed by atoms with E-state index in [1.807, 2.05) is 12.1 Å². The van der Waals surface area contributed by atoms with E-state index in [1.54, 1.807) is 0 Å². The van der Waals surface area contributed by atoms with E-state index < -0.39 is 5.97 Å². The van der Waals surface area contributed by atoms with E-state index in [1.165, 1.54) is 5.56 Å². The molecule has 0 saturated heterocycles. The molecule has 0 spiro atoms. The van der Waals surface area contributed by atoms with Crippen molar-refractivity contribution >= 4 is 5.97 Å². The Hall–Kier alpha value is -1.75. The molecule has 1 aromatic rings. The lowest BCUT2D eigenvalue weighted by atomic mass is 9.88. The molecule has 0 radical (unpaired) electrons. The fourth-order valence-electron chi connectivity index (χ4n) is 2.76. The van der Waals surface area contributed by atoms with E-state index in [4.69, 9.17) is 14.6 Å². The maximum Gasteiger partial charge on any atom is 0.303 e. The molecular formula is C17H25NO4. The van der Waals surface area contributed by atoms with E-state index >= 15 is 0 Å². The number of rotatable bonds is 8. The second-order valence-corrected chi connectivity index (χ2v) is 6.13. The predicted octanol–water partition coefficient (Wildman–Crippen LogP) is 2.92. The van der Waals surface area contributed by atoms with Crippen LogP contribution in [0, 0.1) is 0 Å². The average molecular weight is 307 g/mol. The zero-order valence-corrected chi connectivity index (χ0v) is 13.6. The fourth-order valence-corrected chi connectivity index (χ4v) is 2.76. The van der Waals surface area contributed by atoms with Crippen molar-refractivity contribution in [3.63, 3.8) is 0 Å². The Balaban J connectivity index is 2.01. The zero-order valence-electron chi connectivity index (χ0n) is 13.6. The van der Waals surface area contributed by atoms with Crippen LogP contribution in [0.3, 0.4) is 0 Å². The Labute approximate surface area is 131 Å². The van der Waals surface area contributed by atoms with Gasteiger partial charge in [-0.1, -0.05) is 13.0 Å². The van der Waals surface area contributed by atoms with E-state index in [0.717, 1.165) is 30.9 Å². The third kappa shape index (κ3) is 3.91. The van der Waals surface area contributed by atoms with Crippen LogP contribution >= 0.6 is 0 Å². The Morgan fingerprint density at radius 3 is 2.77 bits per heavy atom. The highest BCUT2D eigenvalue weighted by Crippen LogP contribution is 2.34. The van der Waals surface area contributed by atoms with Gasteiger partial charge < -0.3 is 19.5 Å². The summed E-state index contributed by atoms with van der Waals surface area (Å²) in [5.74, 6) is 0.878. The Kier molecular flexibility index (Phi) is 5.29. The second-order valence-electron chi connectivity index (χ2n) is 6.13. The molecule has 2 rings (SSSR count). The predicted molar refractivity (Wildman–Crippen MR) is 84.5 cm³/mol. The first-order valence-electron chi connectivity index (χ1n) is 7.76. The average Bonchev–Trinajstić information content (AvgIpc) is 2.94. The number of fused-ring (bicyclic) bond motifs is 1. The summed E-state index contributed by atoms with van der Waals surface area (Å²) in [5.41, 5.74) is 1.20. The fraction of sp³-hybridized carbons (Fsp3) is 0.588. The van der Waals surface area contributed by atoms with Gasteiger partial charge in [-0.25, -0.2) is 0 Å². The largest absolute Gasteiger partial charge is 0.481 e. The maximum atomic E-state index is 10.7. The summed E-state index contributed by atoms with van der Waals surface area (Å²) >= 11 is 0. The van der Waals surface area contributed by atoms with Crippen molar-refractivity contribution in [2.45, 2.75) is 45.1 Å². The van der Waals surface area contributed by atoms with Gasteiger partial charge in [0.05, 0.1) is 0 Å². The Morgan fingerprint density at radius 2 is 2.09 bits per heavy atom. The third-order valence-electron chi connectivity index (χ3n) is 4.59. The molecule has 0 aliphatic carbocycles. The van der Waals surface area contributed by atoms with Crippen molar-refractivity contribution in [3.8, 4) is 11.5 Å². The van der Waals surface area contributed by atoms with Crippen LogP contribution in [0.2, 0.25) is 0 Å². The van der Waals surface area contributed by atoms with Crippen molar-refractivity contribution < 1.29 is 19.4 Å². The van der Waals surface area contributed by atoms with Gasteiger partial charge in [-0.15, -0.1) is 0 Å². The summed E-state index contributed by atoms with van der Waals surface area (Å²) < 4.78 is 10.8. The lowest BCUT2D eigenvalue weighted by molar-refractivity contribution is -0.137. The number of carboxylic acid groups (broad SMARTS) is 1. The Bertz CT molecular complexity index is 531. The molecule has 0 amide bonds. The van der Waals surface area contributed by atoms with Crippen molar-refractivity contribution in [1.82, 2.24) is 4.90 Å². The van der Waals surface area contributed by atoms with Crippen LogP contribution in [0.5, 0.6) is 11.5 Å². The SMILES string of the molecule is CCC(C)(Cc1ccc2c(c1)OCO2)N(C)CCCC(=O)O. The van der Waals surface area contributed by atoms with Crippen molar-refractivity contribution in [2.24, 2.45) is 0 Å². The van der Waals surface area contributed by atoms with E-state index in [0.29, 0.717) is 13.2 Å². The molecule has 1 heterocycles. The topological polar surface area (TPSA) is 59.0 Å². The second kappa shape index (κ2) is 7.01. The van der Waals surface area contributed by atoms with Crippen LogP contribution in [0.1, 0.15) is 38.7 Å². The molecular weight excluding hydrogens is 282 g/mol. The van der Waals surface area contributed by atoms with Crippen molar-refractivity contribution in [2.75, 3.05) is 20.4 Å². The number of aliphatic carboxylic acids is 1. The molecule has 1 N–H and O–H groups in total.